The molecule has 6 nitrogen and oxygen atoms in total. The highest BCUT2D eigenvalue weighted by molar-refractivity contribution is 5.61. The first kappa shape index (κ1) is 12.7. The van der Waals surface area contributed by atoms with Crippen LogP contribution in [0.3, 0.4) is 0 Å². The summed E-state index contributed by atoms with van der Waals surface area (Å²) in [7, 11) is 0. The van der Waals surface area contributed by atoms with E-state index in [1.54, 1.807) is 18.2 Å². The molecule has 1 rings (SSSR count). The average molecular weight is 233 g/mol. The summed E-state index contributed by atoms with van der Waals surface area (Å²) in [5.41, 5.74) is -3.49. The van der Waals surface area contributed by atoms with Gasteiger partial charge in [-0.15, -0.1) is 0 Å². The Bertz CT molecular complexity index is 702. The normalized spacial score (nSPS) is 9.11. The Kier molecular flexibility index (Phi) is 3.28. The molecular weight excluding hydrogens is 230 g/mol. The molecule has 0 heterocycles. The van der Waals surface area contributed by atoms with E-state index in [1.807, 2.05) is 0 Å². The van der Waals surface area contributed by atoms with Crippen molar-refractivity contribution in [3.8, 4) is 30.3 Å². The van der Waals surface area contributed by atoms with Gasteiger partial charge in [0.05, 0.1) is 16.7 Å². The molecule has 0 saturated carbocycles. The number of rotatable bonds is 1. The number of hydrogen-bond donors (Lipinski definition) is 1. The summed E-state index contributed by atoms with van der Waals surface area (Å²) in [6.07, 6.45) is 0. The Morgan fingerprint density at radius 2 is 1.39 bits per heavy atom. The summed E-state index contributed by atoms with van der Waals surface area (Å²) in [4.78, 5) is 0. The van der Waals surface area contributed by atoms with Crippen molar-refractivity contribution in [1.82, 2.24) is 0 Å². The van der Waals surface area contributed by atoms with E-state index in [4.69, 9.17) is 26.3 Å². The summed E-state index contributed by atoms with van der Waals surface area (Å²) < 4.78 is 0. The molecule has 0 radical (unpaired) electrons. The lowest BCUT2D eigenvalue weighted by Gasteiger charge is -2.14. The van der Waals surface area contributed by atoms with Gasteiger partial charge in [-0.3, -0.25) is 0 Å². The maximum absolute atomic E-state index is 9.73. The van der Waals surface area contributed by atoms with Crippen molar-refractivity contribution in [2.45, 2.75) is 5.60 Å². The molecule has 0 saturated heterocycles. The molecule has 0 spiro atoms. The average Bonchev–Trinajstić information content (AvgIpc) is 2.44. The Hall–Kier alpha value is -3.37. The summed E-state index contributed by atoms with van der Waals surface area (Å²) in [5, 5.41) is 53.9. The van der Waals surface area contributed by atoms with E-state index in [1.165, 1.54) is 18.2 Å². The molecule has 1 aromatic rings. The van der Waals surface area contributed by atoms with E-state index in [0.29, 0.717) is 0 Å². The van der Waals surface area contributed by atoms with Gasteiger partial charge in [0.15, 0.2) is 0 Å². The number of nitriles is 5. The van der Waals surface area contributed by atoms with Crippen LogP contribution in [-0.2, 0) is 5.60 Å². The molecule has 0 aliphatic heterocycles. The maximum Gasteiger partial charge on any atom is 0.266 e. The molecular formula is C12H3N5O. The first-order chi connectivity index (χ1) is 8.57. The molecule has 6 heteroatoms. The van der Waals surface area contributed by atoms with E-state index in [-0.39, 0.29) is 22.3 Å². The van der Waals surface area contributed by atoms with Crippen LogP contribution in [-0.4, -0.2) is 5.11 Å². The summed E-state index contributed by atoms with van der Waals surface area (Å²) in [6.45, 7) is 0. The molecule has 1 N–H and O–H groups in total. The van der Waals surface area contributed by atoms with E-state index in [0.717, 1.165) is 6.07 Å². The smallest absolute Gasteiger partial charge is 0.266 e. The number of hydrogen-bond acceptors (Lipinski definition) is 6. The molecule has 0 fully saturated rings. The molecule has 1 aromatic carbocycles. The van der Waals surface area contributed by atoms with Crippen LogP contribution in [0.15, 0.2) is 12.1 Å². The summed E-state index contributed by atoms with van der Waals surface area (Å²) in [5.74, 6) is 0. The van der Waals surface area contributed by atoms with Gasteiger partial charge in [-0.05, 0) is 6.07 Å². The number of aliphatic hydroxyl groups is 1. The van der Waals surface area contributed by atoms with E-state index in [9.17, 15) is 5.11 Å². The quantitative estimate of drug-likeness (QED) is 0.702. The van der Waals surface area contributed by atoms with Gasteiger partial charge >= 0.3 is 0 Å². The summed E-state index contributed by atoms with van der Waals surface area (Å²) in [6, 6.07) is 10.0. The van der Waals surface area contributed by atoms with Crippen molar-refractivity contribution in [2.75, 3.05) is 0 Å². The molecule has 0 atom stereocenters. The lowest BCUT2D eigenvalue weighted by Crippen LogP contribution is -2.23. The zero-order chi connectivity index (χ0) is 13.8. The van der Waals surface area contributed by atoms with Gasteiger partial charge < -0.3 is 5.11 Å². The van der Waals surface area contributed by atoms with Gasteiger partial charge in [0.25, 0.3) is 5.60 Å². The topological polar surface area (TPSA) is 139 Å². The Balaban J connectivity index is 3.81. The van der Waals surface area contributed by atoms with Crippen LogP contribution in [0.5, 0.6) is 0 Å². The molecule has 82 valence electrons. The highest BCUT2D eigenvalue weighted by Gasteiger charge is 2.33. The lowest BCUT2D eigenvalue weighted by atomic mass is 9.88. The predicted octanol–water partition coefficient (Wildman–Crippen LogP) is 0.536. The van der Waals surface area contributed by atoms with Gasteiger partial charge in [0.2, 0.25) is 0 Å². The third-order valence-corrected chi connectivity index (χ3v) is 2.26. The second-order valence-electron chi connectivity index (χ2n) is 3.18. The van der Waals surface area contributed by atoms with Crippen LogP contribution < -0.4 is 0 Å². The van der Waals surface area contributed by atoms with Gasteiger partial charge in [-0.2, -0.15) is 26.3 Å². The maximum atomic E-state index is 9.73. The zero-order valence-corrected chi connectivity index (χ0v) is 8.84. The third-order valence-electron chi connectivity index (χ3n) is 2.26. The standard InChI is InChI=1S/C12H3N5O/c13-3-8-1-2-11(12(18,6-16)7-17)10(5-15)9(8)4-14/h1-2,18H. The fraction of sp³-hybridized carbons (Fsp3) is 0.0833. The van der Waals surface area contributed by atoms with Crippen LogP contribution >= 0.6 is 0 Å². The van der Waals surface area contributed by atoms with E-state index >= 15 is 0 Å². The third kappa shape index (κ3) is 1.71. The molecule has 0 unspecified atom stereocenters. The van der Waals surface area contributed by atoms with Crippen molar-refractivity contribution in [2.24, 2.45) is 0 Å². The van der Waals surface area contributed by atoms with Crippen LogP contribution in [0.1, 0.15) is 22.3 Å². The number of nitrogens with zero attached hydrogens (tertiary/aromatic N) is 5. The van der Waals surface area contributed by atoms with Gasteiger partial charge in [-0.1, -0.05) is 6.07 Å². The van der Waals surface area contributed by atoms with Gasteiger partial charge in [0.1, 0.15) is 30.3 Å². The fourth-order valence-corrected chi connectivity index (χ4v) is 1.38. The van der Waals surface area contributed by atoms with Crippen LogP contribution in [0.4, 0.5) is 0 Å². The second kappa shape index (κ2) is 4.65. The van der Waals surface area contributed by atoms with Crippen molar-refractivity contribution >= 4 is 0 Å². The fourth-order valence-electron chi connectivity index (χ4n) is 1.38. The Labute approximate surface area is 102 Å². The van der Waals surface area contributed by atoms with Crippen LogP contribution in [0.25, 0.3) is 0 Å². The Morgan fingerprint density at radius 1 is 0.833 bits per heavy atom. The van der Waals surface area contributed by atoms with Crippen molar-refractivity contribution in [3.05, 3.63) is 34.4 Å². The van der Waals surface area contributed by atoms with Crippen molar-refractivity contribution < 1.29 is 5.11 Å². The Morgan fingerprint density at radius 3 is 1.78 bits per heavy atom. The van der Waals surface area contributed by atoms with E-state index in [2.05, 4.69) is 0 Å². The first-order valence-corrected chi connectivity index (χ1v) is 4.50. The monoisotopic (exact) mass is 233 g/mol. The van der Waals surface area contributed by atoms with Crippen LogP contribution in [0, 0.1) is 56.7 Å². The SMILES string of the molecule is N#Cc1ccc(C(O)(C#N)C#N)c(C#N)c1C#N. The first-order valence-electron chi connectivity index (χ1n) is 4.50. The van der Waals surface area contributed by atoms with Crippen molar-refractivity contribution in [1.29, 1.82) is 26.3 Å². The highest BCUT2D eigenvalue weighted by Crippen LogP contribution is 2.27. The molecule has 0 aliphatic rings. The minimum atomic E-state index is -2.52. The minimum Gasteiger partial charge on any atom is -0.360 e. The second-order valence-corrected chi connectivity index (χ2v) is 3.18. The molecule has 0 bridgehead atoms. The minimum absolute atomic E-state index is 0.0592. The largest absolute Gasteiger partial charge is 0.360 e. The summed E-state index contributed by atoms with van der Waals surface area (Å²) >= 11 is 0. The number of benzene rings is 1. The van der Waals surface area contributed by atoms with Gasteiger partial charge in [-0.25, -0.2) is 0 Å². The predicted molar refractivity (Wildman–Crippen MR) is 55.7 cm³/mol. The molecule has 0 aliphatic carbocycles. The van der Waals surface area contributed by atoms with Gasteiger partial charge in [0, 0.05) is 5.56 Å². The van der Waals surface area contributed by atoms with Crippen molar-refractivity contribution in [3.63, 3.8) is 0 Å². The molecule has 0 amide bonds. The molecule has 18 heavy (non-hydrogen) atoms. The zero-order valence-electron chi connectivity index (χ0n) is 8.84. The molecule has 0 aromatic heterocycles. The lowest BCUT2D eigenvalue weighted by molar-refractivity contribution is 0.159. The highest BCUT2D eigenvalue weighted by atomic mass is 16.3. The van der Waals surface area contributed by atoms with E-state index < -0.39 is 5.60 Å². The van der Waals surface area contributed by atoms with Crippen LogP contribution in [0.2, 0.25) is 0 Å².